The third-order valence-electron chi connectivity index (χ3n) is 5.22. The van der Waals surface area contributed by atoms with E-state index in [1.54, 1.807) is 12.4 Å². The largest absolute Gasteiger partial charge is 0.330 e. The summed E-state index contributed by atoms with van der Waals surface area (Å²) in [7, 11) is 0. The van der Waals surface area contributed by atoms with Gasteiger partial charge in [0.05, 0.1) is 19.0 Å². The van der Waals surface area contributed by atoms with E-state index in [9.17, 15) is 4.79 Å². The molecule has 3 aromatic rings. The predicted octanol–water partition coefficient (Wildman–Crippen LogP) is 3.13. The highest BCUT2D eigenvalue weighted by atomic mass is 16.2. The number of hydrogen-bond donors (Lipinski definition) is 0. The van der Waals surface area contributed by atoms with E-state index in [-0.39, 0.29) is 17.9 Å². The van der Waals surface area contributed by atoms with Crippen molar-refractivity contribution < 1.29 is 4.79 Å². The van der Waals surface area contributed by atoms with Gasteiger partial charge in [0.25, 0.3) is 0 Å². The number of amides is 1. The summed E-state index contributed by atoms with van der Waals surface area (Å²) in [5, 5.41) is 4.67. The van der Waals surface area contributed by atoms with Crippen LogP contribution in [-0.2, 0) is 17.8 Å². The molecule has 0 saturated heterocycles. The second-order valence-corrected chi connectivity index (χ2v) is 7.97. The van der Waals surface area contributed by atoms with E-state index in [0.29, 0.717) is 25.3 Å². The fourth-order valence-electron chi connectivity index (χ4n) is 4.07. The molecule has 1 aliphatic heterocycles. The van der Waals surface area contributed by atoms with Crippen molar-refractivity contribution in [1.82, 2.24) is 29.6 Å². The minimum atomic E-state index is -0.0989. The first kappa shape index (κ1) is 19.2. The molecule has 7 heteroatoms. The lowest BCUT2D eigenvalue weighted by atomic mass is 9.98. The van der Waals surface area contributed by atoms with Crippen molar-refractivity contribution in [2.75, 3.05) is 6.54 Å². The molecule has 0 aromatic carbocycles. The second-order valence-electron chi connectivity index (χ2n) is 7.97. The topological polar surface area (TPSA) is 76.8 Å². The Morgan fingerprint density at radius 1 is 1.17 bits per heavy atom. The summed E-state index contributed by atoms with van der Waals surface area (Å²) in [6.07, 6.45) is 3.87. The van der Waals surface area contributed by atoms with Crippen LogP contribution in [0.3, 0.4) is 0 Å². The van der Waals surface area contributed by atoms with E-state index in [2.05, 4.69) is 28.9 Å². The zero-order valence-electron chi connectivity index (χ0n) is 17.3. The fraction of sp³-hybridized carbons (Fsp3) is 0.409. The van der Waals surface area contributed by atoms with Gasteiger partial charge in [-0.25, -0.2) is 9.67 Å². The van der Waals surface area contributed by atoms with Crippen LogP contribution in [-0.4, -0.2) is 42.1 Å². The van der Waals surface area contributed by atoms with Gasteiger partial charge in [0, 0.05) is 35.9 Å². The molecule has 7 nitrogen and oxygen atoms in total. The summed E-state index contributed by atoms with van der Waals surface area (Å²) >= 11 is 0. The van der Waals surface area contributed by atoms with E-state index >= 15 is 0 Å². The van der Waals surface area contributed by atoms with Gasteiger partial charge < -0.3 is 4.90 Å². The van der Waals surface area contributed by atoms with Crippen molar-refractivity contribution in [2.24, 2.45) is 5.92 Å². The molecule has 0 N–H and O–H groups in total. The number of carbonyl (C=O) groups is 1. The normalized spacial score (nSPS) is 16.2. The van der Waals surface area contributed by atoms with Crippen LogP contribution in [0.25, 0.3) is 11.4 Å². The summed E-state index contributed by atoms with van der Waals surface area (Å²) < 4.78 is 1.94. The number of carbonyl (C=O) groups excluding carboxylic acids is 1. The van der Waals surface area contributed by atoms with Gasteiger partial charge in [0.15, 0.2) is 11.6 Å². The van der Waals surface area contributed by atoms with Crippen molar-refractivity contribution in [2.45, 2.75) is 46.7 Å². The van der Waals surface area contributed by atoms with Gasteiger partial charge in [-0.05, 0) is 49.6 Å². The summed E-state index contributed by atoms with van der Waals surface area (Å²) in [5.41, 5.74) is 3.77. The molecule has 1 amide bonds. The first-order chi connectivity index (χ1) is 13.9. The lowest BCUT2D eigenvalue weighted by molar-refractivity contribution is -0.135. The number of nitrogens with zero attached hydrogens (tertiary/aromatic N) is 6. The molecule has 0 aliphatic carbocycles. The lowest BCUT2D eigenvalue weighted by Gasteiger charge is -2.37. The van der Waals surface area contributed by atoms with Crippen LogP contribution in [0, 0.1) is 19.8 Å². The molecule has 3 aromatic heterocycles. The zero-order valence-corrected chi connectivity index (χ0v) is 17.3. The van der Waals surface area contributed by atoms with Crippen molar-refractivity contribution in [3.63, 3.8) is 0 Å². The Kier molecular flexibility index (Phi) is 5.13. The fourth-order valence-corrected chi connectivity index (χ4v) is 4.07. The Hall–Kier alpha value is -3.09. The van der Waals surface area contributed by atoms with Crippen LogP contribution < -0.4 is 0 Å². The number of hydrogen-bond acceptors (Lipinski definition) is 5. The number of aromatic nitrogens is 5. The summed E-state index contributed by atoms with van der Waals surface area (Å²) in [4.78, 5) is 28.6. The van der Waals surface area contributed by atoms with E-state index in [1.807, 2.05) is 47.7 Å². The molecule has 150 valence electrons. The molecule has 1 aliphatic rings. The van der Waals surface area contributed by atoms with Gasteiger partial charge in [-0.3, -0.25) is 14.8 Å². The van der Waals surface area contributed by atoms with Gasteiger partial charge in [-0.1, -0.05) is 13.8 Å². The maximum Gasteiger partial charge on any atom is 0.227 e. The van der Waals surface area contributed by atoms with E-state index in [1.165, 1.54) is 0 Å². The molecule has 29 heavy (non-hydrogen) atoms. The van der Waals surface area contributed by atoms with Crippen molar-refractivity contribution in [3.05, 3.63) is 59.4 Å². The average molecular weight is 390 g/mol. The van der Waals surface area contributed by atoms with Crippen molar-refractivity contribution in [3.8, 4) is 11.4 Å². The molecule has 0 saturated carbocycles. The van der Waals surface area contributed by atoms with Crippen LogP contribution >= 0.6 is 0 Å². The minimum absolute atomic E-state index is 0.0989. The molecule has 4 heterocycles. The van der Waals surface area contributed by atoms with Crippen LogP contribution in [0.2, 0.25) is 0 Å². The standard InChI is InChI=1S/C22H26N6O/c1-14(2)20-22-25-21(18-6-5-7-23-13-18)26-28(22)9-8-27(20)19(29)12-17-10-15(3)24-16(4)11-17/h5-7,10-11,13-14,20H,8-9,12H2,1-4H3/t20-/m1/s1. The average Bonchev–Trinajstić information content (AvgIpc) is 3.11. The molecule has 1 atom stereocenters. The van der Waals surface area contributed by atoms with E-state index < -0.39 is 0 Å². The molecule has 0 fully saturated rings. The quantitative estimate of drug-likeness (QED) is 0.684. The monoisotopic (exact) mass is 390 g/mol. The third kappa shape index (κ3) is 3.90. The van der Waals surface area contributed by atoms with Gasteiger partial charge >= 0.3 is 0 Å². The zero-order chi connectivity index (χ0) is 20.5. The molecule has 0 unspecified atom stereocenters. The Balaban J connectivity index is 1.62. The van der Waals surface area contributed by atoms with E-state index in [0.717, 1.165) is 28.3 Å². The molecule has 0 radical (unpaired) electrons. The first-order valence-electron chi connectivity index (χ1n) is 10.0. The Bertz CT molecular complexity index is 1010. The highest BCUT2D eigenvalue weighted by Gasteiger charge is 2.35. The third-order valence-corrected chi connectivity index (χ3v) is 5.22. The Morgan fingerprint density at radius 2 is 1.93 bits per heavy atom. The smallest absolute Gasteiger partial charge is 0.227 e. The highest BCUT2D eigenvalue weighted by molar-refractivity contribution is 5.79. The van der Waals surface area contributed by atoms with Crippen LogP contribution in [0.4, 0.5) is 0 Å². The number of fused-ring (bicyclic) bond motifs is 1. The first-order valence-corrected chi connectivity index (χ1v) is 10.0. The van der Waals surface area contributed by atoms with Gasteiger partial charge in [0.2, 0.25) is 5.91 Å². The molecule has 0 bridgehead atoms. The summed E-state index contributed by atoms with van der Waals surface area (Å²) in [5.74, 6) is 1.85. The van der Waals surface area contributed by atoms with Gasteiger partial charge in [0.1, 0.15) is 0 Å². The van der Waals surface area contributed by atoms with Crippen LogP contribution in [0.5, 0.6) is 0 Å². The molecule has 0 spiro atoms. The highest BCUT2D eigenvalue weighted by Crippen LogP contribution is 2.32. The van der Waals surface area contributed by atoms with Gasteiger partial charge in [-0.2, -0.15) is 5.10 Å². The SMILES string of the molecule is Cc1cc(CC(=O)N2CCn3nc(-c4cccnc4)nc3[C@H]2C(C)C)cc(C)n1. The Morgan fingerprint density at radius 3 is 2.59 bits per heavy atom. The maximum atomic E-state index is 13.2. The van der Waals surface area contributed by atoms with E-state index in [4.69, 9.17) is 4.98 Å². The maximum absolute atomic E-state index is 13.2. The van der Waals surface area contributed by atoms with Crippen molar-refractivity contribution >= 4 is 5.91 Å². The second kappa shape index (κ2) is 7.73. The molecule has 4 rings (SSSR count). The summed E-state index contributed by atoms with van der Waals surface area (Å²) in [6, 6.07) is 7.71. The molecular formula is C22H26N6O. The minimum Gasteiger partial charge on any atom is -0.330 e. The number of aryl methyl sites for hydroxylation is 2. The lowest BCUT2D eigenvalue weighted by Crippen LogP contribution is -2.45. The number of rotatable bonds is 4. The Labute approximate surface area is 170 Å². The summed E-state index contributed by atoms with van der Waals surface area (Å²) in [6.45, 7) is 9.45. The van der Waals surface area contributed by atoms with Gasteiger partial charge in [-0.15, -0.1) is 0 Å². The van der Waals surface area contributed by atoms with Crippen LogP contribution in [0.1, 0.15) is 42.7 Å². The van der Waals surface area contributed by atoms with Crippen LogP contribution in [0.15, 0.2) is 36.7 Å². The van der Waals surface area contributed by atoms with Crippen molar-refractivity contribution in [1.29, 1.82) is 0 Å². The number of pyridine rings is 2. The molecular weight excluding hydrogens is 364 g/mol. The predicted molar refractivity (Wildman–Crippen MR) is 110 cm³/mol.